The first-order valence-electron chi connectivity index (χ1n) is 11.3. The highest BCUT2D eigenvalue weighted by Crippen LogP contribution is 2.30. The molecule has 1 aliphatic heterocycles. The minimum atomic E-state index is -3.98. The van der Waals surface area contributed by atoms with Gasteiger partial charge < -0.3 is 14.5 Å². The number of benzene rings is 3. The van der Waals surface area contributed by atoms with Gasteiger partial charge in [0.25, 0.3) is 10.0 Å². The summed E-state index contributed by atoms with van der Waals surface area (Å²) in [5, 5.41) is 0.439. The molecule has 1 heterocycles. The molecule has 7 nitrogen and oxygen atoms in total. The monoisotopic (exact) mass is 513 g/mol. The number of carbonyl (C=O) groups excluding carboxylic acids is 1. The Morgan fingerprint density at radius 1 is 0.971 bits per heavy atom. The van der Waals surface area contributed by atoms with Gasteiger partial charge in [0.1, 0.15) is 12.3 Å². The number of rotatable bonds is 7. The number of hydrogen-bond acceptors (Lipinski definition) is 5. The summed E-state index contributed by atoms with van der Waals surface area (Å²) in [6.45, 7) is 3.72. The number of piperazine rings is 1. The summed E-state index contributed by atoms with van der Waals surface area (Å²) in [5.74, 6) is 0.518. The molecule has 0 saturated carbocycles. The molecule has 3 aromatic rings. The van der Waals surface area contributed by atoms with E-state index in [-0.39, 0.29) is 17.3 Å². The van der Waals surface area contributed by atoms with Crippen LogP contribution in [0.25, 0.3) is 0 Å². The van der Waals surface area contributed by atoms with E-state index in [9.17, 15) is 13.2 Å². The van der Waals surface area contributed by atoms with Crippen molar-refractivity contribution in [2.75, 3.05) is 49.0 Å². The van der Waals surface area contributed by atoms with Crippen LogP contribution in [-0.4, -0.2) is 59.1 Å². The van der Waals surface area contributed by atoms with E-state index in [0.717, 1.165) is 21.3 Å². The summed E-state index contributed by atoms with van der Waals surface area (Å²) in [5.41, 5.74) is 2.15. The molecule has 4 rings (SSSR count). The van der Waals surface area contributed by atoms with E-state index in [2.05, 4.69) is 4.90 Å². The molecule has 0 spiro atoms. The Morgan fingerprint density at radius 2 is 1.63 bits per heavy atom. The van der Waals surface area contributed by atoms with Crippen LogP contribution < -0.4 is 13.9 Å². The fourth-order valence-electron chi connectivity index (χ4n) is 4.08. The summed E-state index contributed by atoms with van der Waals surface area (Å²) in [7, 11) is -2.34. The van der Waals surface area contributed by atoms with E-state index in [1.807, 2.05) is 31.2 Å². The molecule has 1 fully saturated rings. The van der Waals surface area contributed by atoms with Crippen molar-refractivity contribution in [1.82, 2.24) is 4.90 Å². The molecule has 0 aromatic heterocycles. The lowest BCUT2D eigenvalue weighted by Crippen LogP contribution is -2.52. The van der Waals surface area contributed by atoms with Gasteiger partial charge in [0.2, 0.25) is 5.91 Å². The number of halogens is 1. The molecule has 0 atom stereocenters. The maximum Gasteiger partial charge on any atom is 0.264 e. The highest BCUT2D eigenvalue weighted by atomic mass is 35.5. The van der Waals surface area contributed by atoms with E-state index in [1.165, 1.54) is 12.1 Å². The molecule has 9 heteroatoms. The highest BCUT2D eigenvalue weighted by Gasteiger charge is 2.30. The van der Waals surface area contributed by atoms with Crippen LogP contribution in [0.2, 0.25) is 5.02 Å². The van der Waals surface area contributed by atoms with Gasteiger partial charge in [-0.1, -0.05) is 48.0 Å². The fourth-order valence-corrected chi connectivity index (χ4v) is 5.68. The van der Waals surface area contributed by atoms with Gasteiger partial charge >= 0.3 is 0 Å². The fraction of sp³-hybridized carbons (Fsp3) is 0.269. The van der Waals surface area contributed by atoms with Crippen LogP contribution in [0.3, 0.4) is 0 Å². The second-order valence-electron chi connectivity index (χ2n) is 8.30. The number of nitrogens with zero attached hydrogens (tertiary/aromatic N) is 3. The van der Waals surface area contributed by atoms with Crippen LogP contribution in [0.5, 0.6) is 5.75 Å². The summed E-state index contributed by atoms with van der Waals surface area (Å²) in [6, 6.07) is 20.9. The predicted molar refractivity (Wildman–Crippen MR) is 139 cm³/mol. The van der Waals surface area contributed by atoms with Crippen molar-refractivity contribution in [1.29, 1.82) is 0 Å². The molecule has 0 bridgehead atoms. The third kappa shape index (κ3) is 5.39. The highest BCUT2D eigenvalue weighted by molar-refractivity contribution is 7.92. The Kier molecular flexibility index (Phi) is 7.52. The zero-order valence-electron chi connectivity index (χ0n) is 19.7. The van der Waals surface area contributed by atoms with Gasteiger partial charge in [-0.05, 0) is 48.9 Å². The molecule has 1 amide bonds. The Morgan fingerprint density at radius 3 is 2.29 bits per heavy atom. The number of hydrogen-bond donors (Lipinski definition) is 0. The Hall–Kier alpha value is -3.23. The topological polar surface area (TPSA) is 70.2 Å². The van der Waals surface area contributed by atoms with Crippen LogP contribution in [0.15, 0.2) is 77.7 Å². The quantitative estimate of drug-likeness (QED) is 0.473. The first-order chi connectivity index (χ1) is 16.8. The molecule has 0 aliphatic carbocycles. The van der Waals surface area contributed by atoms with Crippen molar-refractivity contribution in [3.63, 3.8) is 0 Å². The third-order valence-electron chi connectivity index (χ3n) is 6.11. The summed E-state index contributed by atoms with van der Waals surface area (Å²) in [4.78, 5) is 17.3. The molecule has 184 valence electrons. The largest absolute Gasteiger partial charge is 0.495 e. The van der Waals surface area contributed by atoms with Crippen LogP contribution >= 0.6 is 11.6 Å². The van der Waals surface area contributed by atoms with E-state index >= 15 is 0 Å². The molecule has 1 aliphatic rings. The Bertz CT molecular complexity index is 1290. The van der Waals surface area contributed by atoms with Crippen LogP contribution in [0.1, 0.15) is 5.56 Å². The number of amides is 1. The van der Waals surface area contributed by atoms with E-state index in [1.54, 1.807) is 48.4 Å². The van der Waals surface area contributed by atoms with Crippen LogP contribution in [0.4, 0.5) is 11.4 Å². The van der Waals surface area contributed by atoms with Gasteiger partial charge in [-0.25, -0.2) is 8.42 Å². The summed E-state index contributed by atoms with van der Waals surface area (Å²) in [6.07, 6.45) is 0. The van der Waals surface area contributed by atoms with Crippen LogP contribution in [0, 0.1) is 6.92 Å². The molecular formula is C26H28ClN3O4S. The average molecular weight is 514 g/mol. The second kappa shape index (κ2) is 10.6. The SMILES string of the molecule is COc1ccccc1N1CCN(C(=O)CN(c2ccc(C)c(Cl)c2)S(=O)(=O)c2ccccc2)CC1. The number of ether oxygens (including phenoxy) is 1. The van der Waals surface area contributed by atoms with E-state index < -0.39 is 10.0 Å². The van der Waals surface area contributed by atoms with Crippen molar-refractivity contribution in [2.45, 2.75) is 11.8 Å². The van der Waals surface area contributed by atoms with E-state index in [4.69, 9.17) is 16.3 Å². The van der Waals surface area contributed by atoms with Gasteiger partial charge in [-0.3, -0.25) is 9.10 Å². The van der Waals surface area contributed by atoms with Crippen molar-refractivity contribution in [3.8, 4) is 5.75 Å². The molecule has 1 saturated heterocycles. The lowest BCUT2D eigenvalue weighted by molar-refractivity contribution is -0.129. The van der Waals surface area contributed by atoms with Gasteiger partial charge in [-0.15, -0.1) is 0 Å². The first-order valence-corrected chi connectivity index (χ1v) is 13.1. The maximum atomic E-state index is 13.5. The van der Waals surface area contributed by atoms with Crippen molar-refractivity contribution >= 4 is 38.9 Å². The lowest BCUT2D eigenvalue weighted by Gasteiger charge is -2.37. The summed E-state index contributed by atoms with van der Waals surface area (Å²) >= 11 is 6.31. The van der Waals surface area contributed by atoms with Crippen LogP contribution in [-0.2, 0) is 14.8 Å². The number of sulfonamides is 1. The van der Waals surface area contributed by atoms with Crippen molar-refractivity contribution in [2.24, 2.45) is 0 Å². The Labute approximate surface area is 211 Å². The first kappa shape index (κ1) is 24.9. The lowest BCUT2D eigenvalue weighted by atomic mass is 10.2. The van der Waals surface area contributed by atoms with Gasteiger partial charge in [0.15, 0.2) is 0 Å². The number of aryl methyl sites for hydroxylation is 1. The number of anilines is 2. The predicted octanol–water partition coefficient (Wildman–Crippen LogP) is 4.20. The minimum Gasteiger partial charge on any atom is -0.495 e. The molecule has 0 radical (unpaired) electrons. The number of carbonyl (C=O) groups is 1. The van der Waals surface area contributed by atoms with E-state index in [0.29, 0.717) is 36.9 Å². The number of methoxy groups -OCH3 is 1. The molecular weight excluding hydrogens is 486 g/mol. The third-order valence-corrected chi connectivity index (χ3v) is 8.31. The van der Waals surface area contributed by atoms with Crippen molar-refractivity contribution in [3.05, 3.63) is 83.4 Å². The maximum absolute atomic E-state index is 13.5. The zero-order valence-corrected chi connectivity index (χ0v) is 21.3. The normalized spacial score (nSPS) is 14.0. The van der Waals surface area contributed by atoms with Gasteiger partial charge in [0.05, 0.1) is 23.4 Å². The smallest absolute Gasteiger partial charge is 0.264 e. The second-order valence-corrected chi connectivity index (χ2v) is 10.6. The molecule has 3 aromatic carbocycles. The standard InChI is InChI=1S/C26H28ClN3O4S/c1-20-12-13-21(18-23(20)27)30(35(32,33)22-8-4-3-5-9-22)19-26(31)29-16-14-28(15-17-29)24-10-6-7-11-25(24)34-2/h3-13,18H,14-17,19H2,1-2H3. The zero-order chi connectivity index (χ0) is 25.0. The Balaban J connectivity index is 1.55. The van der Waals surface area contributed by atoms with Gasteiger partial charge in [0, 0.05) is 31.2 Å². The average Bonchev–Trinajstić information content (AvgIpc) is 2.89. The molecule has 0 N–H and O–H groups in total. The summed E-state index contributed by atoms with van der Waals surface area (Å²) < 4.78 is 33.7. The molecule has 35 heavy (non-hydrogen) atoms. The minimum absolute atomic E-state index is 0.116. The number of para-hydroxylation sites is 2. The molecule has 0 unspecified atom stereocenters. The van der Waals surface area contributed by atoms with Crippen molar-refractivity contribution < 1.29 is 17.9 Å². The van der Waals surface area contributed by atoms with Gasteiger partial charge in [-0.2, -0.15) is 0 Å².